The first kappa shape index (κ1) is 19.4. The number of halogens is 1. The molecule has 3 rings (SSSR count). The monoisotopic (exact) mass is 402 g/mol. The van der Waals surface area contributed by atoms with Crippen LogP contribution in [0, 0.1) is 12.7 Å². The number of hydrogen-bond donors (Lipinski definition) is 1. The number of aryl methyl sites for hydroxylation is 1. The van der Waals surface area contributed by atoms with Crippen molar-refractivity contribution in [3.05, 3.63) is 64.9 Å². The van der Waals surface area contributed by atoms with Gasteiger partial charge in [-0.05, 0) is 48.9 Å². The van der Waals surface area contributed by atoms with Crippen LogP contribution >= 0.6 is 23.1 Å². The first-order valence-electron chi connectivity index (χ1n) is 8.28. The summed E-state index contributed by atoms with van der Waals surface area (Å²) in [7, 11) is 1.64. The largest absolute Gasteiger partial charge is 0.497 e. The molecule has 0 saturated heterocycles. The number of methoxy groups -OCH3 is 1. The fourth-order valence-corrected chi connectivity index (χ4v) is 4.00. The Bertz CT molecular complexity index is 926. The van der Waals surface area contributed by atoms with Crippen molar-refractivity contribution < 1.29 is 13.9 Å². The minimum atomic E-state index is -0.325. The van der Waals surface area contributed by atoms with Gasteiger partial charge in [0.15, 0.2) is 0 Å². The molecule has 0 unspecified atom stereocenters. The molecule has 3 aromatic rings. The summed E-state index contributed by atoms with van der Waals surface area (Å²) in [4.78, 5) is 16.6. The molecular weight excluding hydrogens is 383 g/mol. The van der Waals surface area contributed by atoms with Gasteiger partial charge in [0.25, 0.3) is 0 Å². The summed E-state index contributed by atoms with van der Waals surface area (Å²) in [6.07, 6.45) is 0. The average Bonchev–Trinajstić information content (AvgIpc) is 3.14. The van der Waals surface area contributed by atoms with Crippen molar-refractivity contribution in [2.24, 2.45) is 0 Å². The number of hydrogen-bond acceptors (Lipinski definition) is 5. The summed E-state index contributed by atoms with van der Waals surface area (Å²) in [5, 5.41) is 5.65. The molecule has 0 radical (unpaired) electrons. The maximum Gasteiger partial charge on any atom is 0.234 e. The van der Waals surface area contributed by atoms with Crippen LogP contribution in [0.5, 0.6) is 5.75 Å². The Balaban J connectivity index is 1.49. The summed E-state index contributed by atoms with van der Waals surface area (Å²) >= 11 is 3.05. The van der Waals surface area contributed by atoms with Crippen LogP contribution in [0.1, 0.15) is 11.3 Å². The molecule has 0 spiro atoms. The summed E-state index contributed by atoms with van der Waals surface area (Å²) < 4.78 is 18.7. The highest BCUT2D eigenvalue weighted by Crippen LogP contribution is 2.27. The maximum atomic E-state index is 13.5. The van der Waals surface area contributed by atoms with Gasteiger partial charge in [0.05, 0.1) is 18.6 Å². The second-order valence-corrected chi connectivity index (χ2v) is 7.72. The third-order valence-electron chi connectivity index (χ3n) is 3.83. The van der Waals surface area contributed by atoms with Crippen molar-refractivity contribution in [1.82, 2.24) is 4.98 Å². The zero-order valence-corrected chi connectivity index (χ0v) is 16.6. The number of thiazole rings is 1. The van der Waals surface area contributed by atoms with Crippen LogP contribution < -0.4 is 10.1 Å². The van der Waals surface area contributed by atoms with Crippen LogP contribution in [-0.2, 0) is 10.5 Å². The van der Waals surface area contributed by atoms with Crippen molar-refractivity contribution in [2.45, 2.75) is 12.7 Å². The third kappa shape index (κ3) is 5.30. The van der Waals surface area contributed by atoms with Crippen molar-refractivity contribution in [3.8, 4) is 16.3 Å². The third-order valence-corrected chi connectivity index (χ3v) is 5.73. The standard InChI is InChI=1S/C20H19FN2O2S2/c1-13-3-6-15(9-18(13)21)22-19(24)12-26-10-16-11-27-20(23-16)14-4-7-17(25-2)8-5-14/h3-9,11H,10,12H2,1-2H3,(H,22,24). The van der Waals surface area contributed by atoms with Gasteiger partial charge in [-0.1, -0.05) is 6.07 Å². The number of ether oxygens (including phenoxy) is 1. The van der Waals surface area contributed by atoms with E-state index in [0.717, 1.165) is 22.0 Å². The van der Waals surface area contributed by atoms with E-state index in [1.54, 1.807) is 37.5 Å². The second kappa shape index (κ2) is 9.01. The van der Waals surface area contributed by atoms with E-state index < -0.39 is 0 Å². The number of rotatable bonds is 7. The van der Waals surface area contributed by atoms with E-state index in [2.05, 4.69) is 10.3 Å². The lowest BCUT2D eigenvalue weighted by Crippen LogP contribution is -2.14. The number of anilines is 1. The van der Waals surface area contributed by atoms with Crippen LogP contribution in [0.2, 0.25) is 0 Å². The number of nitrogens with one attached hydrogen (secondary N) is 1. The molecule has 0 aliphatic heterocycles. The number of aromatic nitrogens is 1. The Morgan fingerprint density at radius 1 is 1.26 bits per heavy atom. The predicted molar refractivity (Wildman–Crippen MR) is 110 cm³/mol. The molecule has 1 amide bonds. The van der Waals surface area contributed by atoms with Gasteiger partial charge in [-0.3, -0.25) is 4.79 Å². The molecule has 7 heteroatoms. The second-order valence-electron chi connectivity index (χ2n) is 5.88. The molecule has 0 saturated carbocycles. The SMILES string of the molecule is COc1ccc(-c2nc(CSCC(=O)Nc3ccc(C)c(F)c3)cs2)cc1. The van der Waals surface area contributed by atoms with Gasteiger partial charge < -0.3 is 10.1 Å². The first-order chi connectivity index (χ1) is 13.0. The fraction of sp³-hybridized carbons (Fsp3) is 0.200. The number of thioether (sulfide) groups is 1. The van der Waals surface area contributed by atoms with Crippen molar-refractivity contribution in [1.29, 1.82) is 0 Å². The Labute approximate surface area is 165 Å². The zero-order valence-electron chi connectivity index (χ0n) is 15.0. The Kier molecular flexibility index (Phi) is 6.47. The average molecular weight is 403 g/mol. The van der Waals surface area contributed by atoms with Crippen LogP contribution in [0.15, 0.2) is 47.8 Å². The number of benzene rings is 2. The van der Waals surface area contributed by atoms with E-state index in [9.17, 15) is 9.18 Å². The molecule has 1 heterocycles. The first-order valence-corrected chi connectivity index (χ1v) is 10.3. The summed E-state index contributed by atoms with van der Waals surface area (Å²) in [6.45, 7) is 1.69. The lowest BCUT2D eigenvalue weighted by molar-refractivity contribution is -0.113. The van der Waals surface area contributed by atoms with Crippen molar-refractivity contribution in [2.75, 3.05) is 18.2 Å². The van der Waals surface area contributed by atoms with Crippen LogP contribution in [0.3, 0.4) is 0 Å². The van der Waals surface area contributed by atoms with Gasteiger partial charge in [-0.15, -0.1) is 23.1 Å². The fourth-order valence-electron chi connectivity index (χ4n) is 2.36. The quantitative estimate of drug-likeness (QED) is 0.595. The molecule has 1 N–H and O–H groups in total. The van der Waals surface area contributed by atoms with E-state index in [0.29, 0.717) is 17.0 Å². The van der Waals surface area contributed by atoms with E-state index in [1.165, 1.54) is 17.8 Å². The molecule has 1 aromatic heterocycles. The Hall–Kier alpha value is -2.38. The highest BCUT2D eigenvalue weighted by molar-refractivity contribution is 7.99. The van der Waals surface area contributed by atoms with Crippen LogP contribution in [0.25, 0.3) is 10.6 Å². The summed E-state index contributed by atoms with van der Waals surface area (Å²) in [6, 6.07) is 12.4. The lowest BCUT2D eigenvalue weighted by atomic mass is 10.2. The molecule has 140 valence electrons. The molecule has 0 aliphatic carbocycles. The molecule has 4 nitrogen and oxygen atoms in total. The summed E-state index contributed by atoms with van der Waals surface area (Å²) in [5.74, 6) is 1.25. The highest BCUT2D eigenvalue weighted by atomic mass is 32.2. The molecule has 0 atom stereocenters. The number of carbonyl (C=O) groups is 1. The number of carbonyl (C=O) groups excluding carboxylic acids is 1. The van der Waals surface area contributed by atoms with E-state index in [1.807, 2.05) is 29.6 Å². The minimum Gasteiger partial charge on any atom is -0.497 e. The molecule has 27 heavy (non-hydrogen) atoms. The molecule has 0 bridgehead atoms. The van der Waals surface area contributed by atoms with Gasteiger partial charge >= 0.3 is 0 Å². The van der Waals surface area contributed by atoms with Gasteiger partial charge in [0.1, 0.15) is 16.6 Å². The van der Waals surface area contributed by atoms with Gasteiger partial charge in [-0.2, -0.15) is 0 Å². The van der Waals surface area contributed by atoms with Gasteiger partial charge in [-0.25, -0.2) is 9.37 Å². The van der Waals surface area contributed by atoms with E-state index in [-0.39, 0.29) is 17.5 Å². The van der Waals surface area contributed by atoms with Crippen molar-refractivity contribution in [3.63, 3.8) is 0 Å². The predicted octanol–water partition coefficient (Wildman–Crippen LogP) is 5.14. The lowest BCUT2D eigenvalue weighted by Gasteiger charge is -2.06. The summed E-state index contributed by atoms with van der Waals surface area (Å²) in [5.41, 5.74) is 3.00. The maximum absolute atomic E-state index is 13.5. The molecule has 0 fully saturated rings. The number of nitrogens with zero attached hydrogens (tertiary/aromatic N) is 1. The van der Waals surface area contributed by atoms with Gasteiger partial charge in [0, 0.05) is 22.4 Å². The van der Waals surface area contributed by atoms with E-state index >= 15 is 0 Å². The van der Waals surface area contributed by atoms with Crippen LogP contribution in [-0.4, -0.2) is 23.8 Å². The van der Waals surface area contributed by atoms with Crippen LogP contribution in [0.4, 0.5) is 10.1 Å². The smallest absolute Gasteiger partial charge is 0.234 e. The zero-order chi connectivity index (χ0) is 19.2. The van der Waals surface area contributed by atoms with E-state index in [4.69, 9.17) is 4.74 Å². The normalized spacial score (nSPS) is 10.6. The Morgan fingerprint density at radius 3 is 2.74 bits per heavy atom. The molecule has 0 aliphatic rings. The Morgan fingerprint density at radius 2 is 2.04 bits per heavy atom. The minimum absolute atomic E-state index is 0.158. The topological polar surface area (TPSA) is 51.2 Å². The van der Waals surface area contributed by atoms with Gasteiger partial charge in [0.2, 0.25) is 5.91 Å². The number of amides is 1. The highest BCUT2D eigenvalue weighted by Gasteiger charge is 2.08. The molecular formula is C20H19FN2O2S2. The van der Waals surface area contributed by atoms with Crippen molar-refractivity contribution >= 4 is 34.7 Å². The molecule has 2 aromatic carbocycles.